The van der Waals surface area contributed by atoms with Gasteiger partial charge in [-0.1, -0.05) is 23.7 Å². The first kappa shape index (κ1) is 22.1. The highest BCUT2D eigenvalue weighted by atomic mass is 35.5. The van der Waals surface area contributed by atoms with Crippen molar-refractivity contribution < 1.29 is 17.9 Å². The monoisotopic (exact) mass is 471 g/mol. The number of aromatic nitrogens is 1. The average Bonchev–Trinajstić information content (AvgIpc) is 3.63. The van der Waals surface area contributed by atoms with Crippen LogP contribution in [-0.2, 0) is 16.6 Å². The number of sulfonamides is 1. The molecule has 9 heteroatoms. The van der Waals surface area contributed by atoms with E-state index in [1.54, 1.807) is 35.4 Å². The number of amides is 1. The van der Waals surface area contributed by atoms with Crippen LogP contribution in [0.15, 0.2) is 71.8 Å². The molecule has 1 heterocycles. The molecule has 0 bridgehead atoms. The molecule has 0 atom stereocenters. The molecule has 2 aromatic carbocycles. The van der Waals surface area contributed by atoms with Gasteiger partial charge in [0.2, 0.25) is 0 Å². The molecular formula is C23H22ClN3O4S. The molecule has 1 aliphatic rings. The van der Waals surface area contributed by atoms with E-state index >= 15 is 0 Å². The lowest BCUT2D eigenvalue weighted by molar-refractivity contribution is 0.0727. The van der Waals surface area contributed by atoms with Crippen molar-refractivity contribution in [2.24, 2.45) is 0 Å². The standard InChI is InChI=1S/C23H22ClN3O4S/c1-31-22-11-8-17(24)14-21(22)26-32(29,30)20-7-4-5-16(13-20)23(28)27(19-9-10-19)15-18-6-2-3-12-25-18/h2-8,11-14,19,26H,9-10,15H2,1H3. The fourth-order valence-electron chi connectivity index (χ4n) is 3.34. The maximum atomic E-state index is 13.3. The Morgan fingerprint density at radius 3 is 2.66 bits per heavy atom. The number of carbonyl (C=O) groups excluding carboxylic acids is 1. The van der Waals surface area contributed by atoms with Crippen LogP contribution in [0, 0.1) is 0 Å². The van der Waals surface area contributed by atoms with Crippen molar-refractivity contribution in [2.45, 2.75) is 30.3 Å². The molecule has 32 heavy (non-hydrogen) atoms. The van der Waals surface area contributed by atoms with E-state index < -0.39 is 10.0 Å². The van der Waals surface area contributed by atoms with E-state index in [9.17, 15) is 13.2 Å². The minimum atomic E-state index is -3.98. The number of carbonyl (C=O) groups is 1. The predicted molar refractivity (Wildman–Crippen MR) is 122 cm³/mol. The highest BCUT2D eigenvalue weighted by Crippen LogP contribution is 2.31. The summed E-state index contributed by atoms with van der Waals surface area (Å²) in [6.45, 7) is 0.374. The Kier molecular flexibility index (Phi) is 6.34. The molecule has 1 aromatic heterocycles. The quantitative estimate of drug-likeness (QED) is 0.527. The molecule has 0 radical (unpaired) electrons. The number of methoxy groups -OCH3 is 1. The van der Waals surface area contributed by atoms with Gasteiger partial charge in [-0.25, -0.2) is 8.42 Å². The van der Waals surface area contributed by atoms with E-state index in [1.165, 1.54) is 25.3 Å². The van der Waals surface area contributed by atoms with Gasteiger partial charge in [-0.2, -0.15) is 0 Å². The molecule has 1 aliphatic carbocycles. The van der Waals surface area contributed by atoms with Gasteiger partial charge in [-0.15, -0.1) is 0 Å². The Morgan fingerprint density at radius 2 is 1.97 bits per heavy atom. The van der Waals surface area contributed by atoms with Crippen LogP contribution in [0.1, 0.15) is 28.9 Å². The first-order valence-corrected chi connectivity index (χ1v) is 11.9. The van der Waals surface area contributed by atoms with Crippen LogP contribution < -0.4 is 9.46 Å². The second-order valence-electron chi connectivity index (χ2n) is 7.46. The van der Waals surface area contributed by atoms with Gasteiger partial charge in [0.05, 0.1) is 29.9 Å². The van der Waals surface area contributed by atoms with E-state index in [0.29, 0.717) is 22.9 Å². The first-order valence-electron chi connectivity index (χ1n) is 10.0. The van der Waals surface area contributed by atoms with Crippen molar-refractivity contribution >= 4 is 33.2 Å². The Hall–Kier alpha value is -3.10. The highest BCUT2D eigenvalue weighted by molar-refractivity contribution is 7.92. The number of nitrogens with one attached hydrogen (secondary N) is 1. The van der Waals surface area contributed by atoms with Crippen LogP contribution in [0.3, 0.4) is 0 Å². The van der Waals surface area contributed by atoms with Gasteiger partial charge in [0.15, 0.2) is 0 Å². The van der Waals surface area contributed by atoms with Crippen molar-refractivity contribution in [3.05, 3.63) is 83.1 Å². The van der Waals surface area contributed by atoms with Gasteiger partial charge in [-0.05, 0) is 61.4 Å². The summed E-state index contributed by atoms with van der Waals surface area (Å²) in [5, 5.41) is 0.363. The number of nitrogens with zero attached hydrogens (tertiary/aromatic N) is 2. The van der Waals surface area contributed by atoms with Gasteiger partial charge in [-0.3, -0.25) is 14.5 Å². The summed E-state index contributed by atoms with van der Waals surface area (Å²) in [4.78, 5) is 19.3. The SMILES string of the molecule is COc1ccc(Cl)cc1NS(=O)(=O)c1cccc(C(=O)N(Cc2ccccn2)C2CC2)c1. The molecule has 0 saturated heterocycles. The van der Waals surface area contributed by atoms with Crippen molar-refractivity contribution in [3.63, 3.8) is 0 Å². The Bertz CT molecular complexity index is 1230. The Morgan fingerprint density at radius 1 is 1.16 bits per heavy atom. The van der Waals surface area contributed by atoms with Crippen molar-refractivity contribution in [1.82, 2.24) is 9.88 Å². The van der Waals surface area contributed by atoms with Gasteiger partial charge >= 0.3 is 0 Å². The molecule has 1 amide bonds. The van der Waals surface area contributed by atoms with E-state index in [2.05, 4.69) is 9.71 Å². The molecule has 0 unspecified atom stereocenters. The summed E-state index contributed by atoms with van der Waals surface area (Å²) in [5.74, 6) is 0.107. The summed E-state index contributed by atoms with van der Waals surface area (Å²) >= 11 is 6.01. The second kappa shape index (κ2) is 9.18. The minimum absolute atomic E-state index is 0.0287. The fraction of sp³-hybridized carbons (Fsp3) is 0.217. The van der Waals surface area contributed by atoms with Crippen LogP contribution in [0.2, 0.25) is 5.02 Å². The van der Waals surface area contributed by atoms with Crippen LogP contribution >= 0.6 is 11.6 Å². The van der Waals surface area contributed by atoms with E-state index in [0.717, 1.165) is 18.5 Å². The molecular weight excluding hydrogens is 450 g/mol. The lowest BCUT2D eigenvalue weighted by Gasteiger charge is -2.22. The third kappa shape index (κ3) is 5.03. The van der Waals surface area contributed by atoms with Crippen LogP contribution in [0.25, 0.3) is 0 Å². The number of rotatable bonds is 8. The van der Waals surface area contributed by atoms with E-state index in [1.807, 2.05) is 18.2 Å². The molecule has 1 fully saturated rings. The zero-order chi connectivity index (χ0) is 22.7. The van der Waals surface area contributed by atoms with Gasteiger partial charge in [0.1, 0.15) is 5.75 Å². The summed E-state index contributed by atoms with van der Waals surface area (Å²) in [6.07, 6.45) is 3.53. The van der Waals surface area contributed by atoms with Crippen molar-refractivity contribution in [2.75, 3.05) is 11.8 Å². The highest BCUT2D eigenvalue weighted by Gasteiger charge is 2.33. The van der Waals surface area contributed by atoms with E-state index in [4.69, 9.17) is 16.3 Å². The molecule has 7 nitrogen and oxygen atoms in total. The summed E-state index contributed by atoms with van der Waals surface area (Å²) in [5.41, 5.74) is 1.30. The zero-order valence-electron chi connectivity index (χ0n) is 17.4. The van der Waals surface area contributed by atoms with Crippen LogP contribution in [0.4, 0.5) is 5.69 Å². The lowest BCUT2D eigenvalue weighted by atomic mass is 10.2. The maximum absolute atomic E-state index is 13.3. The zero-order valence-corrected chi connectivity index (χ0v) is 18.9. The number of ether oxygens (including phenoxy) is 1. The Labute approximate surface area is 192 Å². The normalized spacial score (nSPS) is 13.4. The summed E-state index contributed by atoms with van der Waals surface area (Å²) in [7, 11) is -2.54. The number of hydrogen-bond acceptors (Lipinski definition) is 5. The van der Waals surface area contributed by atoms with E-state index in [-0.39, 0.29) is 22.5 Å². The van der Waals surface area contributed by atoms with Gasteiger partial charge < -0.3 is 9.64 Å². The largest absolute Gasteiger partial charge is 0.495 e. The molecule has 1 saturated carbocycles. The maximum Gasteiger partial charge on any atom is 0.262 e. The smallest absolute Gasteiger partial charge is 0.262 e. The van der Waals surface area contributed by atoms with Crippen molar-refractivity contribution in [3.8, 4) is 5.75 Å². The number of benzene rings is 2. The molecule has 4 rings (SSSR count). The topological polar surface area (TPSA) is 88.6 Å². The fourth-order valence-corrected chi connectivity index (χ4v) is 4.62. The number of pyridine rings is 1. The molecule has 0 aliphatic heterocycles. The average molecular weight is 472 g/mol. The molecule has 3 aromatic rings. The third-order valence-corrected chi connectivity index (χ3v) is 6.70. The molecule has 0 spiro atoms. The lowest BCUT2D eigenvalue weighted by Crippen LogP contribution is -2.33. The molecule has 166 valence electrons. The van der Waals surface area contributed by atoms with Crippen LogP contribution in [0.5, 0.6) is 5.75 Å². The Balaban J connectivity index is 1.59. The van der Waals surface area contributed by atoms with Gasteiger partial charge in [0, 0.05) is 22.8 Å². The van der Waals surface area contributed by atoms with Crippen molar-refractivity contribution in [1.29, 1.82) is 0 Å². The number of halogens is 1. The minimum Gasteiger partial charge on any atom is -0.495 e. The van der Waals surface area contributed by atoms with Gasteiger partial charge in [0.25, 0.3) is 15.9 Å². The number of anilines is 1. The molecule has 1 N–H and O–H groups in total. The first-order chi connectivity index (χ1) is 15.4. The third-order valence-electron chi connectivity index (χ3n) is 5.10. The second-order valence-corrected chi connectivity index (χ2v) is 9.58. The van der Waals surface area contributed by atoms with Crippen LogP contribution in [-0.4, -0.2) is 37.4 Å². The number of hydrogen-bond donors (Lipinski definition) is 1. The summed E-state index contributed by atoms with van der Waals surface area (Å²) in [6, 6.07) is 16.4. The summed E-state index contributed by atoms with van der Waals surface area (Å²) < 4.78 is 33.7. The predicted octanol–water partition coefficient (Wildman–Crippen LogP) is 4.35.